The molecular formula is C29H30N4O2. The molecule has 0 saturated carbocycles. The van der Waals surface area contributed by atoms with Gasteiger partial charge in [-0.3, -0.25) is 9.88 Å². The van der Waals surface area contributed by atoms with Crippen LogP contribution in [0.5, 0.6) is 11.5 Å². The van der Waals surface area contributed by atoms with E-state index in [4.69, 9.17) is 14.7 Å². The molecule has 178 valence electrons. The fourth-order valence-electron chi connectivity index (χ4n) is 4.90. The summed E-state index contributed by atoms with van der Waals surface area (Å²) in [6, 6.07) is 17.9. The average Bonchev–Trinajstić information content (AvgIpc) is 2.90. The summed E-state index contributed by atoms with van der Waals surface area (Å²) in [4.78, 5) is 16.4. The van der Waals surface area contributed by atoms with Gasteiger partial charge in [0.25, 0.3) is 0 Å². The van der Waals surface area contributed by atoms with E-state index in [1.807, 2.05) is 30.5 Å². The quantitative estimate of drug-likeness (QED) is 0.398. The second-order valence-electron chi connectivity index (χ2n) is 9.11. The number of pyridine rings is 1. The molecule has 2 aromatic heterocycles. The molecule has 1 aliphatic rings. The lowest BCUT2D eigenvalue weighted by atomic mass is 9.88. The number of phenolic OH excluding ortho intramolecular Hbond substituents is 1. The van der Waals surface area contributed by atoms with E-state index in [1.54, 1.807) is 25.6 Å². The molecule has 0 radical (unpaired) electrons. The minimum Gasteiger partial charge on any atom is -0.507 e. The van der Waals surface area contributed by atoms with Crippen LogP contribution in [0.2, 0.25) is 0 Å². The summed E-state index contributed by atoms with van der Waals surface area (Å²) in [7, 11) is 1.61. The smallest absolute Gasteiger partial charge is 0.159 e. The summed E-state index contributed by atoms with van der Waals surface area (Å²) in [6.07, 6.45) is 7.67. The Morgan fingerprint density at radius 2 is 1.89 bits per heavy atom. The molecule has 6 nitrogen and oxygen atoms in total. The highest BCUT2D eigenvalue weighted by molar-refractivity contribution is 5.70. The number of piperidine rings is 1. The molecule has 5 rings (SSSR count). The first-order chi connectivity index (χ1) is 17.1. The van der Waals surface area contributed by atoms with Crippen LogP contribution < -0.4 is 4.74 Å². The van der Waals surface area contributed by atoms with Crippen molar-refractivity contribution in [3.05, 3.63) is 90.0 Å². The van der Waals surface area contributed by atoms with Crippen LogP contribution in [0.4, 0.5) is 0 Å². The number of benzene rings is 2. The van der Waals surface area contributed by atoms with Gasteiger partial charge in [-0.1, -0.05) is 30.3 Å². The minimum absolute atomic E-state index is 0.266. The number of methoxy groups -OCH3 is 1. The van der Waals surface area contributed by atoms with Gasteiger partial charge in [-0.25, -0.2) is 9.97 Å². The number of aryl methyl sites for hydroxylation is 1. The van der Waals surface area contributed by atoms with Gasteiger partial charge in [0.15, 0.2) is 5.82 Å². The van der Waals surface area contributed by atoms with E-state index in [9.17, 15) is 5.11 Å². The molecule has 1 aliphatic heterocycles. The molecule has 0 amide bonds. The van der Waals surface area contributed by atoms with Crippen LogP contribution in [-0.4, -0.2) is 45.2 Å². The third-order valence-corrected chi connectivity index (χ3v) is 6.77. The SMILES string of the molecule is COc1ccc(CN2CCC[C@H](c3nc(-c4ccncc4)ncc3-c3ccccc3C)C2)c(O)c1. The number of aromatic nitrogens is 3. The largest absolute Gasteiger partial charge is 0.507 e. The van der Waals surface area contributed by atoms with Gasteiger partial charge in [0, 0.05) is 60.4 Å². The van der Waals surface area contributed by atoms with E-state index < -0.39 is 0 Å². The maximum atomic E-state index is 10.5. The number of rotatable bonds is 6. The number of likely N-dealkylation sites (tertiary alicyclic amines) is 1. The highest BCUT2D eigenvalue weighted by Crippen LogP contribution is 2.36. The first-order valence-electron chi connectivity index (χ1n) is 12.0. The number of aromatic hydroxyl groups is 1. The molecule has 0 bridgehead atoms. The molecular weight excluding hydrogens is 436 g/mol. The lowest BCUT2D eigenvalue weighted by Crippen LogP contribution is -2.34. The van der Waals surface area contributed by atoms with Crippen molar-refractivity contribution in [1.29, 1.82) is 0 Å². The van der Waals surface area contributed by atoms with Crippen LogP contribution in [0.1, 0.15) is 35.6 Å². The van der Waals surface area contributed by atoms with Gasteiger partial charge in [-0.2, -0.15) is 0 Å². The van der Waals surface area contributed by atoms with Gasteiger partial charge in [-0.15, -0.1) is 0 Å². The Morgan fingerprint density at radius 1 is 1.06 bits per heavy atom. The zero-order chi connectivity index (χ0) is 24.2. The van der Waals surface area contributed by atoms with Crippen molar-refractivity contribution in [2.75, 3.05) is 20.2 Å². The van der Waals surface area contributed by atoms with Gasteiger partial charge in [-0.05, 0) is 55.6 Å². The topological polar surface area (TPSA) is 71.4 Å². The van der Waals surface area contributed by atoms with Gasteiger partial charge >= 0.3 is 0 Å². The number of ether oxygens (including phenoxy) is 1. The van der Waals surface area contributed by atoms with E-state index in [-0.39, 0.29) is 11.7 Å². The second-order valence-corrected chi connectivity index (χ2v) is 9.11. The summed E-state index contributed by atoms with van der Waals surface area (Å²) in [5.41, 5.74) is 6.45. The Kier molecular flexibility index (Phi) is 6.73. The van der Waals surface area contributed by atoms with E-state index >= 15 is 0 Å². The van der Waals surface area contributed by atoms with Crippen LogP contribution >= 0.6 is 0 Å². The summed E-state index contributed by atoms with van der Waals surface area (Å²) in [6.45, 7) is 4.69. The van der Waals surface area contributed by atoms with Gasteiger partial charge in [0.1, 0.15) is 11.5 Å². The van der Waals surface area contributed by atoms with E-state index in [0.717, 1.165) is 54.1 Å². The monoisotopic (exact) mass is 466 g/mol. The maximum Gasteiger partial charge on any atom is 0.159 e. The number of nitrogens with zero attached hydrogens (tertiary/aromatic N) is 4. The first kappa shape index (κ1) is 23.0. The molecule has 2 aromatic carbocycles. The predicted octanol–water partition coefficient (Wildman–Crippen LogP) is 5.61. The number of hydrogen-bond acceptors (Lipinski definition) is 6. The predicted molar refractivity (Wildman–Crippen MR) is 137 cm³/mol. The molecule has 0 spiro atoms. The summed E-state index contributed by atoms with van der Waals surface area (Å²) in [5, 5.41) is 10.5. The van der Waals surface area contributed by atoms with Crippen LogP contribution in [0.15, 0.2) is 73.2 Å². The maximum absolute atomic E-state index is 10.5. The fraction of sp³-hybridized carbons (Fsp3) is 0.276. The third kappa shape index (κ3) is 5.03. The Bertz CT molecular complexity index is 1310. The van der Waals surface area contributed by atoms with E-state index in [1.165, 1.54) is 11.1 Å². The Labute approximate surface area is 206 Å². The second kappa shape index (κ2) is 10.2. The lowest BCUT2D eigenvalue weighted by Gasteiger charge is -2.33. The van der Waals surface area contributed by atoms with Crippen LogP contribution in [-0.2, 0) is 6.54 Å². The van der Waals surface area contributed by atoms with Crippen LogP contribution in [0.3, 0.4) is 0 Å². The molecule has 0 unspecified atom stereocenters. The first-order valence-corrected chi connectivity index (χ1v) is 12.0. The van der Waals surface area contributed by atoms with Crippen molar-refractivity contribution in [2.24, 2.45) is 0 Å². The summed E-state index contributed by atoms with van der Waals surface area (Å²) < 4.78 is 5.24. The zero-order valence-electron chi connectivity index (χ0n) is 20.2. The fourth-order valence-corrected chi connectivity index (χ4v) is 4.90. The van der Waals surface area contributed by atoms with Crippen molar-refractivity contribution in [3.8, 4) is 34.0 Å². The van der Waals surface area contributed by atoms with Gasteiger partial charge < -0.3 is 9.84 Å². The minimum atomic E-state index is 0.266. The van der Waals surface area contributed by atoms with Gasteiger partial charge in [0.05, 0.1) is 12.8 Å². The van der Waals surface area contributed by atoms with Crippen molar-refractivity contribution >= 4 is 0 Å². The average molecular weight is 467 g/mol. The highest BCUT2D eigenvalue weighted by atomic mass is 16.5. The standard InChI is InChI=1S/C29H30N4O2/c1-20-6-3-4-8-25(20)26-17-31-29(21-11-13-30-14-12-21)32-28(26)23-7-5-15-33(19-23)18-22-9-10-24(35-2)16-27(22)34/h3-4,6,8-14,16-17,23,34H,5,7,15,18-19H2,1-2H3/t23-/m0/s1. The summed E-state index contributed by atoms with van der Waals surface area (Å²) >= 11 is 0. The number of phenols is 1. The molecule has 4 aromatic rings. The molecule has 1 fully saturated rings. The van der Waals surface area contributed by atoms with Gasteiger partial charge in [0.2, 0.25) is 0 Å². The molecule has 3 heterocycles. The Balaban J connectivity index is 1.48. The molecule has 1 atom stereocenters. The molecule has 1 N–H and O–H groups in total. The molecule has 1 saturated heterocycles. The number of hydrogen-bond donors (Lipinski definition) is 1. The third-order valence-electron chi connectivity index (χ3n) is 6.77. The van der Waals surface area contributed by atoms with Crippen molar-refractivity contribution in [3.63, 3.8) is 0 Å². The zero-order valence-corrected chi connectivity index (χ0v) is 20.2. The highest BCUT2D eigenvalue weighted by Gasteiger charge is 2.27. The molecule has 0 aliphatic carbocycles. The molecule has 6 heteroatoms. The van der Waals surface area contributed by atoms with Crippen LogP contribution in [0.25, 0.3) is 22.5 Å². The van der Waals surface area contributed by atoms with Crippen molar-refractivity contribution < 1.29 is 9.84 Å². The van der Waals surface area contributed by atoms with Crippen LogP contribution in [0, 0.1) is 6.92 Å². The Hall–Kier alpha value is -3.77. The van der Waals surface area contributed by atoms with E-state index in [2.05, 4.69) is 41.1 Å². The van der Waals surface area contributed by atoms with Crippen molar-refractivity contribution in [2.45, 2.75) is 32.2 Å². The van der Waals surface area contributed by atoms with Crippen molar-refractivity contribution in [1.82, 2.24) is 19.9 Å². The van der Waals surface area contributed by atoms with E-state index in [0.29, 0.717) is 12.3 Å². The molecule has 35 heavy (non-hydrogen) atoms. The Morgan fingerprint density at radius 3 is 2.66 bits per heavy atom. The lowest BCUT2D eigenvalue weighted by molar-refractivity contribution is 0.196. The summed E-state index contributed by atoms with van der Waals surface area (Å²) in [5.74, 6) is 1.93. The normalized spacial score (nSPS) is 16.2.